The van der Waals surface area contributed by atoms with Crippen LogP contribution < -0.4 is 4.90 Å². The third-order valence-corrected chi connectivity index (χ3v) is 2.89. The van der Waals surface area contributed by atoms with E-state index in [2.05, 4.69) is 21.8 Å². The summed E-state index contributed by atoms with van der Waals surface area (Å²) in [5, 5.41) is 0.334. The lowest BCUT2D eigenvalue weighted by Gasteiger charge is -2.34. The first-order chi connectivity index (χ1) is 6.77. The summed E-state index contributed by atoms with van der Waals surface area (Å²) in [5.41, 5.74) is 0. The van der Waals surface area contributed by atoms with E-state index < -0.39 is 0 Å². The van der Waals surface area contributed by atoms with Gasteiger partial charge >= 0.3 is 0 Å². The van der Waals surface area contributed by atoms with Gasteiger partial charge < -0.3 is 4.90 Å². The van der Waals surface area contributed by atoms with E-state index in [1.807, 2.05) is 6.07 Å². The van der Waals surface area contributed by atoms with Crippen molar-refractivity contribution in [2.75, 3.05) is 11.4 Å². The first-order valence-electron chi connectivity index (χ1n) is 5.02. The molecule has 0 unspecified atom stereocenters. The molecule has 2 rings (SSSR count). The molecule has 2 heterocycles. The molecule has 1 atom stereocenters. The van der Waals surface area contributed by atoms with Crippen molar-refractivity contribution in [3.05, 3.63) is 17.5 Å². The molecule has 3 nitrogen and oxygen atoms in total. The fraction of sp³-hybridized carbons (Fsp3) is 0.600. The molecule has 1 aliphatic rings. The monoisotopic (exact) mass is 211 g/mol. The average molecular weight is 212 g/mol. The lowest BCUT2D eigenvalue weighted by Crippen LogP contribution is -2.37. The average Bonchev–Trinajstić information content (AvgIpc) is 2.18. The largest absolute Gasteiger partial charge is 0.354 e. The van der Waals surface area contributed by atoms with Crippen LogP contribution in [0.5, 0.6) is 0 Å². The van der Waals surface area contributed by atoms with Crippen molar-refractivity contribution in [1.29, 1.82) is 0 Å². The van der Waals surface area contributed by atoms with Crippen LogP contribution in [0, 0.1) is 0 Å². The molecule has 1 aromatic rings. The van der Waals surface area contributed by atoms with Gasteiger partial charge in [0.1, 0.15) is 5.82 Å². The zero-order valence-corrected chi connectivity index (χ0v) is 9.04. The molecule has 0 saturated carbocycles. The minimum absolute atomic E-state index is 0.334. The second-order valence-corrected chi connectivity index (χ2v) is 4.06. The SMILES string of the molecule is C[C@H]1CCCCN1c1ccnc(Cl)n1. The normalized spacial score (nSPS) is 22.4. The highest BCUT2D eigenvalue weighted by Gasteiger charge is 2.19. The number of hydrogen-bond donors (Lipinski definition) is 0. The Morgan fingerprint density at radius 3 is 3.07 bits per heavy atom. The third kappa shape index (κ3) is 1.98. The number of nitrogens with zero attached hydrogens (tertiary/aromatic N) is 3. The molecule has 0 amide bonds. The zero-order valence-electron chi connectivity index (χ0n) is 8.28. The molecule has 1 fully saturated rings. The molecule has 1 aliphatic heterocycles. The van der Waals surface area contributed by atoms with Crippen LogP contribution in [0.1, 0.15) is 26.2 Å². The number of halogens is 1. The van der Waals surface area contributed by atoms with E-state index in [0.717, 1.165) is 12.4 Å². The van der Waals surface area contributed by atoms with Crippen LogP contribution in [0.25, 0.3) is 0 Å². The molecule has 0 N–H and O–H groups in total. The Kier molecular flexibility index (Phi) is 2.87. The second-order valence-electron chi connectivity index (χ2n) is 3.72. The fourth-order valence-corrected chi connectivity index (χ4v) is 2.07. The van der Waals surface area contributed by atoms with Crippen molar-refractivity contribution in [3.63, 3.8) is 0 Å². The minimum Gasteiger partial charge on any atom is -0.354 e. The molecule has 1 saturated heterocycles. The molecule has 0 aromatic carbocycles. The molecule has 76 valence electrons. The quantitative estimate of drug-likeness (QED) is 0.669. The van der Waals surface area contributed by atoms with Crippen molar-refractivity contribution >= 4 is 17.4 Å². The van der Waals surface area contributed by atoms with E-state index in [4.69, 9.17) is 11.6 Å². The summed E-state index contributed by atoms with van der Waals surface area (Å²) in [7, 11) is 0. The third-order valence-electron chi connectivity index (χ3n) is 2.71. The Labute approximate surface area is 89.1 Å². The summed E-state index contributed by atoms with van der Waals surface area (Å²) in [6.45, 7) is 3.31. The van der Waals surface area contributed by atoms with E-state index in [1.165, 1.54) is 19.3 Å². The van der Waals surface area contributed by atoms with Crippen LogP contribution in [0.2, 0.25) is 5.28 Å². The van der Waals surface area contributed by atoms with Crippen LogP contribution >= 0.6 is 11.6 Å². The zero-order chi connectivity index (χ0) is 9.97. The van der Waals surface area contributed by atoms with Crippen molar-refractivity contribution < 1.29 is 0 Å². The molecule has 0 spiro atoms. The van der Waals surface area contributed by atoms with Crippen LogP contribution in [-0.4, -0.2) is 22.6 Å². The molecule has 14 heavy (non-hydrogen) atoms. The lowest BCUT2D eigenvalue weighted by atomic mass is 10.0. The predicted octanol–water partition coefficient (Wildman–Crippen LogP) is 2.51. The van der Waals surface area contributed by atoms with E-state index in [9.17, 15) is 0 Å². The van der Waals surface area contributed by atoms with Gasteiger partial charge in [0.2, 0.25) is 5.28 Å². The van der Waals surface area contributed by atoms with Crippen LogP contribution in [0.15, 0.2) is 12.3 Å². The van der Waals surface area contributed by atoms with Gasteiger partial charge in [0, 0.05) is 18.8 Å². The van der Waals surface area contributed by atoms with Gasteiger partial charge in [0.25, 0.3) is 0 Å². The van der Waals surface area contributed by atoms with E-state index in [0.29, 0.717) is 11.3 Å². The van der Waals surface area contributed by atoms with Crippen LogP contribution in [0.4, 0.5) is 5.82 Å². The Hall–Kier alpha value is -0.830. The highest BCUT2D eigenvalue weighted by Crippen LogP contribution is 2.22. The van der Waals surface area contributed by atoms with E-state index in [-0.39, 0.29) is 0 Å². The lowest BCUT2D eigenvalue weighted by molar-refractivity contribution is 0.481. The molecular formula is C10H14ClN3. The van der Waals surface area contributed by atoms with Crippen molar-refractivity contribution in [2.24, 2.45) is 0 Å². The highest BCUT2D eigenvalue weighted by molar-refractivity contribution is 6.28. The Bertz CT molecular complexity index is 316. The summed E-state index contributed by atoms with van der Waals surface area (Å²) in [5.74, 6) is 0.956. The number of piperidine rings is 1. The fourth-order valence-electron chi connectivity index (χ4n) is 1.92. The van der Waals surface area contributed by atoms with Gasteiger partial charge in [0.05, 0.1) is 0 Å². The van der Waals surface area contributed by atoms with Crippen molar-refractivity contribution in [2.45, 2.75) is 32.2 Å². The Balaban J connectivity index is 2.20. The van der Waals surface area contributed by atoms with E-state index >= 15 is 0 Å². The van der Waals surface area contributed by atoms with Crippen LogP contribution in [-0.2, 0) is 0 Å². The second kappa shape index (κ2) is 4.13. The van der Waals surface area contributed by atoms with Crippen LogP contribution in [0.3, 0.4) is 0 Å². The number of rotatable bonds is 1. The van der Waals surface area contributed by atoms with Gasteiger partial charge in [-0.05, 0) is 43.9 Å². The summed E-state index contributed by atoms with van der Waals surface area (Å²) in [6, 6.07) is 2.49. The number of aromatic nitrogens is 2. The molecule has 1 aromatic heterocycles. The van der Waals surface area contributed by atoms with Gasteiger partial charge in [-0.2, -0.15) is 0 Å². The smallest absolute Gasteiger partial charge is 0.224 e. The van der Waals surface area contributed by atoms with Crippen molar-refractivity contribution in [1.82, 2.24) is 9.97 Å². The molecule has 0 bridgehead atoms. The maximum atomic E-state index is 5.76. The van der Waals surface area contributed by atoms with Gasteiger partial charge in [0.15, 0.2) is 0 Å². The number of hydrogen-bond acceptors (Lipinski definition) is 3. The van der Waals surface area contributed by atoms with Gasteiger partial charge in [-0.1, -0.05) is 0 Å². The van der Waals surface area contributed by atoms with Gasteiger partial charge in [-0.15, -0.1) is 0 Å². The summed E-state index contributed by atoms with van der Waals surface area (Å²) in [4.78, 5) is 10.4. The maximum absolute atomic E-state index is 5.76. The predicted molar refractivity (Wildman–Crippen MR) is 57.7 cm³/mol. The summed E-state index contributed by atoms with van der Waals surface area (Å²) < 4.78 is 0. The maximum Gasteiger partial charge on any atom is 0.224 e. The highest BCUT2D eigenvalue weighted by atomic mass is 35.5. The van der Waals surface area contributed by atoms with Crippen molar-refractivity contribution in [3.8, 4) is 0 Å². The van der Waals surface area contributed by atoms with Gasteiger partial charge in [-0.3, -0.25) is 0 Å². The topological polar surface area (TPSA) is 29.0 Å². The van der Waals surface area contributed by atoms with Gasteiger partial charge in [-0.25, -0.2) is 9.97 Å². The summed E-state index contributed by atoms with van der Waals surface area (Å²) >= 11 is 5.76. The Morgan fingerprint density at radius 1 is 1.50 bits per heavy atom. The molecule has 0 aliphatic carbocycles. The summed E-state index contributed by atoms with van der Waals surface area (Å²) in [6.07, 6.45) is 5.51. The minimum atomic E-state index is 0.334. The first-order valence-corrected chi connectivity index (χ1v) is 5.40. The molecular weight excluding hydrogens is 198 g/mol. The standard InChI is InChI=1S/C10H14ClN3/c1-8-4-2-3-7-14(8)9-5-6-12-10(11)13-9/h5-6,8H,2-4,7H2,1H3/t8-/m0/s1. The number of anilines is 1. The van der Waals surface area contributed by atoms with E-state index in [1.54, 1.807) is 6.20 Å². The molecule has 4 heteroatoms. The molecule has 0 radical (unpaired) electrons. The first kappa shape index (κ1) is 9.71. The Morgan fingerprint density at radius 2 is 2.36 bits per heavy atom.